The molecule has 0 aliphatic carbocycles. The first-order valence-corrected chi connectivity index (χ1v) is 8.91. The maximum atomic E-state index is 12.9. The number of hydrogen-bond acceptors (Lipinski definition) is 3. The van der Waals surface area contributed by atoms with Gasteiger partial charge in [0.25, 0.3) is 5.91 Å². The Morgan fingerprint density at radius 3 is 2.15 bits per heavy atom. The largest absolute Gasteiger partial charge is 0.280 e. The molecule has 0 saturated heterocycles. The van der Waals surface area contributed by atoms with Gasteiger partial charge in [-0.25, -0.2) is 4.68 Å². The van der Waals surface area contributed by atoms with Gasteiger partial charge in [-0.3, -0.25) is 4.79 Å². The minimum atomic E-state index is -0.179. The fourth-order valence-electron chi connectivity index (χ4n) is 2.99. The summed E-state index contributed by atoms with van der Waals surface area (Å²) in [5.41, 5.74) is 4.21. The highest BCUT2D eigenvalue weighted by molar-refractivity contribution is 6.34. The van der Waals surface area contributed by atoms with E-state index < -0.39 is 0 Å². The number of carbonyl (C=O) groups excluding carboxylic acids is 1. The highest BCUT2D eigenvalue weighted by Gasteiger charge is 2.29. The number of aryl methyl sites for hydroxylation is 1. The number of rotatable bonds is 3. The standard InChI is InChI=1S/C21H17ClN4O/c1-14-18(20(22)25(23-14)16-9-5-3-6-10-16)13-19-15(2)24-26(21(19)27)17-11-7-4-8-12-17/h3-13H,1-2H3/b19-13+. The molecule has 0 radical (unpaired) electrons. The normalized spacial score (nSPS) is 15.5. The van der Waals surface area contributed by atoms with Crippen molar-refractivity contribution in [3.05, 3.63) is 82.6 Å². The number of benzene rings is 2. The van der Waals surface area contributed by atoms with E-state index in [-0.39, 0.29) is 5.91 Å². The molecule has 3 aromatic rings. The summed E-state index contributed by atoms with van der Waals surface area (Å²) in [6.07, 6.45) is 1.77. The molecule has 1 aliphatic heterocycles. The highest BCUT2D eigenvalue weighted by atomic mass is 35.5. The van der Waals surface area contributed by atoms with Crippen molar-refractivity contribution in [2.45, 2.75) is 13.8 Å². The summed E-state index contributed by atoms with van der Waals surface area (Å²) < 4.78 is 1.67. The van der Waals surface area contributed by atoms with Crippen LogP contribution in [0.1, 0.15) is 18.2 Å². The van der Waals surface area contributed by atoms with Gasteiger partial charge in [-0.05, 0) is 44.2 Å². The van der Waals surface area contributed by atoms with E-state index >= 15 is 0 Å². The number of aromatic nitrogens is 2. The molecule has 0 saturated carbocycles. The predicted molar refractivity (Wildman–Crippen MR) is 108 cm³/mol. The van der Waals surface area contributed by atoms with Crippen LogP contribution in [0.15, 0.2) is 71.3 Å². The Hall–Kier alpha value is -3.18. The van der Waals surface area contributed by atoms with E-state index in [9.17, 15) is 4.79 Å². The van der Waals surface area contributed by atoms with Crippen LogP contribution < -0.4 is 5.01 Å². The Morgan fingerprint density at radius 2 is 1.52 bits per heavy atom. The van der Waals surface area contributed by atoms with E-state index in [1.165, 1.54) is 5.01 Å². The topological polar surface area (TPSA) is 50.5 Å². The Morgan fingerprint density at radius 1 is 0.926 bits per heavy atom. The average molecular weight is 377 g/mol. The predicted octanol–water partition coefficient (Wildman–Crippen LogP) is 4.64. The third kappa shape index (κ3) is 3.06. The molecule has 6 heteroatoms. The second-order valence-electron chi connectivity index (χ2n) is 6.23. The Balaban J connectivity index is 1.74. The molecule has 2 aromatic carbocycles. The molecule has 0 fully saturated rings. The average Bonchev–Trinajstić information content (AvgIpc) is 3.14. The minimum Gasteiger partial charge on any atom is -0.267 e. The fraction of sp³-hybridized carbons (Fsp3) is 0.0952. The van der Waals surface area contributed by atoms with E-state index in [0.717, 1.165) is 17.1 Å². The molecule has 1 amide bonds. The summed E-state index contributed by atoms with van der Waals surface area (Å²) in [5, 5.41) is 10.8. The zero-order valence-corrected chi connectivity index (χ0v) is 15.7. The smallest absolute Gasteiger partial charge is 0.267 e. The lowest BCUT2D eigenvalue weighted by Gasteiger charge is -2.11. The van der Waals surface area contributed by atoms with Crippen LogP contribution in [0.25, 0.3) is 11.8 Å². The van der Waals surface area contributed by atoms with Crippen molar-refractivity contribution in [2.24, 2.45) is 5.10 Å². The molecular weight excluding hydrogens is 360 g/mol. The molecule has 5 nitrogen and oxygen atoms in total. The van der Waals surface area contributed by atoms with Gasteiger partial charge in [0, 0.05) is 5.56 Å². The van der Waals surface area contributed by atoms with Crippen LogP contribution in [0.5, 0.6) is 0 Å². The summed E-state index contributed by atoms with van der Waals surface area (Å²) in [5.74, 6) is -0.179. The van der Waals surface area contributed by atoms with Crippen LogP contribution in [0.3, 0.4) is 0 Å². The van der Waals surface area contributed by atoms with Gasteiger partial charge < -0.3 is 0 Å². The van der Waals surface area contributed by atoms with Gasteiger partial charge in [-0.2, -0.15) is 15.2 Å². The molecule has 134 valence electrons. The van der Waals surface area contributed by atoms with E-state index in [1.54, 1.807) is 10.8 Å². The Kier molecular flexibility index (Phi) is 4.38. The summed E-state index contributed by atoms with van der Waals surface area (Å²) in [6.45, 7) is 3.69. The fourth-order valence-corrected chi connectivity index (χ4v) is 3.31. The molecule has 4 rings (SSSR count). The highest BCUT2D eigenvalue weighted by Crippen LogP contribution is 2.29. The Bertz CT molecular complexity index is 1070. The second-order valence-corrected chi connectivity index (χ2v) is 6.59. The maximum absolute atomic E-state index is 12.9. The summed E-state index contributed by atoms with van der Waals surface area (Å²) in [7, 11) is 0. The molecule has 0 unspecified atom stereocenters. The summed E-state index contributed by atoms with van der Waals surface area (Å²) >= 11 is 6.58. The van der Waals surface area contributed by atoms with E-state index in [1.807, 2.05) is 74.5 Å². The number of para-hydroxylation sites is 2. The quantitative estimate of drug-likeness (QED) is 0.625. The van der Waals surface area contributed by atoms with Gasteiger partial charge in [-0.15, -0.1) is 0 Å². The van der Waals surface area contributed by atoms with Gasteiger partial charge in [-0.1, -0.05) is 48.0 Å². The molecule has 1 aliphatic rings. The first kappa shape index (κ1) is 17.2. The number of anilines is 1. The van der Waals surface area contributed by atoms with Crippen molar-refractivity contribution in [1.29, 1.82) is 0 Å². The molecule has 0 atom stereocenters. The molecule has 0 bridgehead atoms. The lowest BCUT2D eigenvalue weighted by molar-refractivity contribution is -0.114. The number of amides is 1. The number of hydrazone groups is 1. The van der Waals surface area contributed by atoms with Crippen molar-refractivity contribution >= 4 is 35.0 Å². The first-order chi connectivity index (χ1) is 13.1. The van der Waals surface area contributed by atoms with Gasteiger partial charge in [0.05, 0.1) is 28.4 Å². The number of halogens is 1. The summed E-state index contributed by atoms with van der Waals surface area (Å²) in [4.78, 5) is 12.9. The molecule has 0 spiro atoms. The van der Waals surface area contributed by atoms with Crippen molar-refractivity contribution in [2.75, 3.05) is 5.01 Å². The monoisotopic (exact) mass is 376 g/mol. The van der Waals surface area contributed by atoms with E-state index in [4.69, 9.17) is 11.6 Å². The molecule has 2 heterocycles. The van der Waals surface area contributed by atoms with Crippen LogP contribution in [0.2, 0.25) is 5.15 Å². The molecule has 27 heavy (non-hydrogen) atoms. The van der Waals surface area contributed by atoms with Crippen molar-refractivity contribution < 1.29 is 4.79 Å². The van der Waals surface area contributed by atoms with Crippen molar-refractivity contribution in [3.63, 3.8) is 0 Å². The third-order valence-corrected chi connectivity index (χ3v) is 4.76. The first-order valence-electron chi connectivity index (χ1n) is 8.53. The minimum absolute atomic E-state index is 0.179. The molecular formula is C21H17ClN4O. The zero-order valence-electron chi connectivity index (χ0n) is 14.9. The van der Waals surface area contributed by atoms with Crippen molar-refractivity contribution in [1.82, 2.24) is 9.78 Å². The van der Waals surface area contributed by atoms with Gasteiger partial charge in [0.2, 0.25) is 0 Å². The van der Waals surface area contributed by atoms with Crippen LogP contribution in [0, 0.1) is 6.92 Å². The van der Waals surface area contributed by atoms with Crippen molar-refractivity contribution in [3.8, 4) is 5.69 Å². The lowest BCUT2D eigenvalue weighted by Crippen LogP contribution is -2.21. The Labute approximate surface area is 162 Å². The van der Waals surface area contributed by atoms with Gasteiger partial charge in [0.1, 0.15) is 5.15 Å². The van der Waals surface area contributed by atoms with E-state index in [2.05, 4.69) is 10.2 Å². The van der Waals surface area contributed by atoms with Gasteiger partial charge in [0.15, 0.2) is 0 Å². The molecule has 0 N–H and O–H groups in total. The van der Waals surface area contributed by atoms with E-state index in [0.29, 0.717) is 22.0 Å². The maximum Gasteiger partial charge on any atom is 0.280 e. The van der Waals surface area contributed by atoms with Crippen LogP contribution in [0.4, 0.5) is 5.69 Å². The zero-order chi connectivity index (χ0) is 19.0. The van der Waals surface area contributed by atoms with Crippen LogP contribution >= 0.6 is 11.6 Å². The SMILES string of the molecule is CC1=NN(c2ccccc2)C(=O)/C1=C/c1c(C)nn(-c2ccccc2)c1Cl. The summed E-state index contributed by atoms with van der Waals surface area (Å²) in [6, 6.07) is 19.0. The van der Waals surface area contributed by atoms with Gasteiger partial charge >= 0.3 is 0 Å². The van der Waals surface area contributed by atoms with Crippen LogP contribution in [-0.4, -0.2) is 21.4 Å². The molecule has 1 aromatic heterocycles. The number of nitrogens with zero attached hydrogens (tertiary/aromatic N) is 4. The number of hydrogen-bond donors (Lipinski definition) is 0. The second kappa shape index (κ2) is 6.85. The lowest BCUT2D eigenvalue weighted by atomic mass is 10.1. The van der Waals surface area contributed by atoms with Crippen LogP contribution in [-0.2, 0) is 4.79 Å². The third-order valence-electron chi connectivity index (χ3n) is 4.40. The number of carbonyl (C=O) groups is 1.